The Hall–Kier alpha value is -3.74. The molecule has 2 aliphatic heterocycles. The van der Waals surface area contributed by atoms with Crippen molar-refractivity contribution in [3.63, 3.8) is 0 Å². The number of halogens is 3. The van der Waals surface area contributed by atoms with Crippen LogP contribution in [-0.4, -0.2) is 85.5 Å². The molecule has 1 radical (unpaired) electrons. The molecule has 2 aromatic heterocycles. The highest BCUT2D eigenvalue weighted by atomic mass is 28.4. The third kappa shape index (κ3) is 9.69. The molecule has 1 N–H and O–H groups in total. The van der Waals surface area contributed by atoms with Crippen molar-refractivity contribution in [3.8, 4) is 17.3 Å². The van der Waals surface area contributed by atoms with Crippen LogP contribution in [0, 0.1) is 23.2 Å². The number of carbonyl (C=O) groups is 1. The highest BCUT2D eigenvalue weighted by molar-refractivity contribution is 6.74. The van der Waals surface area contributed by atoms with Crippen molar-refractivity contribution in [1.82, 2.24) is 24.6 Å². The van der Waals surface area contributed by atoms with Gasteiger partial charge >= 0.3 is 13.6 Å². The van der Waals surface area contributed by atoms with Crippen molar-refractivity contribution in [1.29, 1.82) is 5.26 Å². The van der Waals surface area contributed by atoms with Crippen LogP contribution in [0.25, 0.3) is 11.3 Å². The molecular weight excluding hydrogens is 696 g/mol. The van der Waals surface area contributed by atoms with Gasteiger partial charge < -0.3 is 19.3 Å². The maximum atomic E-state index is 12.9. The average Bonchev–Trinajstić information content (AvgIpc) is 3.59. The molecule has 0 spiro atoms. The normalized spacial score (nSPS) is 18.7. The molecule has 1 atom stereocenters. The standard InChI is InChI=1S/C38H53BF3N8O2Si/c1-26(2)9-10-33-32(20-45-50(33)21-27-12-15-48(16-13-27)23-38(40,41)42)47-35-44-14-11-31(46-35)28-17-29(19-43)34-30(18-28)37(6,22-49(34)39-25-51)24-52-53(7,8)36(3,4)5/h11,14,17-18,20,25-27H,9-10,12-13,15-16,21-24H2,1-8H3,(H,44,46,47)/t37-/m1/s1. The molecule has 0 aliphatic carbocycles. The van der Waals surface area contributed by atoms with Crippen LogP contribution in [0.4, 0.5) is 30.5 Å². The van der Waals surface area contributed by atoms with E-state index in [0.29, 0.717) is 74.4 Å². The Morgan fingerprint density at radius 3 is 2.55 bits per heavy atom. The second-order valence-corrected chi connectivity index (χ2v) is 21.7. The van der Waals surface area contributed by atoms with Crippen molar-refractivity contribution in [2.75, 3.05) is 42.9 Å². The van der Waals surface area contributed by atoms with Gasteiger partial charge in [-0.15, -0.1) is 0 Å². The SMILES string of the molecule is CC(C)CCc1c(Nc2nccc(-c3cc(C#N)c4c(c3)[C@@](C)(CO[Si](C)(C)C(C)(C)C)CN4[B]C=O)n2)cnn1CC1CCN(CC(F)(F)F)CC1. The summed E-state index contributed by atoms with van der Waals surface area (Å²) < 4.78 is 47.5. The molecule has 5 rings (SSSR count). The Bertz CT molecular complexity index is 1800. The quantitative estimate of drug-likeness (QED) is 0.131. The third-order valence-electron chi connectivity index (χ3n) is 11.1. The Morgan fingerprint density at radius 1 is 1.21 bits per heavy atom. The first-order chi connectivity index (χ1) is 24.8. The molecule has 0 unspecified atom stereocenters. The fraction of sp³-hybridized carbons (Fsp3) is 0.605. The van der Waals surface area contributed by atoms with Crippen LogP contribution in [0.2, 0.25) is 18.1 Å². The zero-order chi connectivity index (χ0) is 38.8. The summed E-state index contributed by atoms with van der Waals surface area (Å²) in [6.07, 6.45) is 3.11. The van der Waals surface area contributed by atoms with E-state index >= 15 is 0 Å². The third-order valence-corrected chi connectivity index (χ3v) is 15.6. The van der Waals surface area contributed by atoms with Gasteiger partial charge in [0.25, 0.3) is 0 Å². The van der Waals surface area contributed by atoms with Gasteiger partial charge in [-0.1, -0.05) is 41.5 Å². The fourth-order valence-electron chi connectivity index (χ4n) is 6.94. The number of piperidine rings is 1. The Balaban J connectivity index is 1.41. The van der Waals surface area contributed by atoms with E-state index in [-0.39, 0.29) is 11.0 Å². The van der Waals surface area contributed by atoms with Crippen molar-refractivity contribution in [3.05, 3.63) is 47.4 Å². The first kappa shape index (κ1) is 40.4. The smallest absolute Gasteiger partial charge is 0.401 e. The van der Waals surface area contributed by atoms with E-state index in [1.807, 2.05) is 21.6 Å². The largest absolute Gasteiger partial charge is 0.416 e. The molecule has 2 aliphatic rings. The van der Waals surface area contributed by atoms with Gasteiger partial charge in [0, 0.05) is 42.6 Å². The minimum atomic E-state index is -4.19. The number of anilines is 3. The molecule has 10 nitrogen and oxygen atoms in total. The second-order valence-electron chi connectivity index (χ2n) is 16.9. The summed E-state index contributed by atoms with van der Waals surface area (Å²) in [4.78, 5) is 24.5. The highest BCUT2D eigenvalue weighted by Gasteiger charge is 2.45. The number of fused-ring (bicyclic) bond motifs is 1. The molecule has 1 saturated heterocycles. The number of hydrogen-bond acceptors (Lipinski definition) is 9. The molecular formula is C38H53BF3N8O2Si. The molecule has 1 fully saturated rings. The second kappa shape index (κ2) is 15.9. The summed E-state index contributed by atoms with van der Waals surface area (Å²) in [5.41, 5.74) is 4.79. The van der Waals surface area contributed by atoms with E-state index in [9.17, 15) is 23.2 Å². The molecule has 15 heteroatoms. The maximum Gasteiger partial charge on any atom is 0.401 e. The molecule has 0 bridgehead atoms. The molecule has 285 valence electrons. The number of benzene rings is 1. The van der Waals surface area contributed by atoms with E-state index in [1.54, 1.807) is 12.4 Å². The number of nitriles is 1. The van der Waals surface area contributed by atoms with Gasteiger partial charge in [-0.3, -0.25) is 9.58 Å². The van der Waals surface area contributed by atoms with Crippen LogP contribution < -0.4 is 10.1 Å². The number of nitrogens with one attached hydrogen (secondary N) is 1. The van der Waals surface area contributed by atoms with Gasteiger partial charge in [0.1, 0.15) is 12.3 Å². The Kier molecular flexibility index (Phi) is 12.2. The molecule has 4 heterocycles. The fourth-order valence-corrected chi connectivity index (χ4v) is 8.06. The van der Waals surface area contributed by atoms with Crippen molar-refractivity contribution < 1.29 is 22.4 Å². The molecule has 3 aromatic rings. The van der Waals surface area contributed by atoms with Crippen molar-refractivity contribution >= 4 is 39.2 Å². The van der Waals surface area contributed by atoms with Gasteiger partial charge in [-0.2, -0.15) is 23.5 Å². The van der Waals surface area contributed by atoms with E-state index in [0.717, 1.165) is 41.5 Å². The predicted molar refractivity (Wildman–Crippen MR) is 206 cm³/mol. The van der Waals surface area contributed by atoms with E-state index < -0.39 is 26.5 Å². The first-order valence-electron chi connectivity index (χ1n) is 18.5. The number of carbonyl (C=O) groups excluding carboxylic acids is 1. The average molecular weight is 750 g/mol. The number of nitrogens with zero attached hydrogens (tertiary/aromatic N) is 7. The van der Waals surface area contributed by atoms with Gasteiger partial charge in [0.15, 0.2) is 8.32 Å². The van der Waals surface area contributed by atoms with Crippen LogP contribution in [0.3, 0.4) is 0 Å². The lowest BCUT2D eigenvalue weighted by Crippen LogP contribution is -2.46. The summed E-state index contributed by atoms with van der Waals surface area (Å²) >= 11 is 0. The monoisotopic (exact) mass is 749 g/mol. The number of likely N-dealkylation sites (tertiary alicyclic amines) is 1. The maximum absolute atomic E-state index is 12.9. The first-order valence-corrected chi connectivity index (χ1v) is 21.5. The number of hydrogen-bond donors (Lipinski definition) is 1. The van der Waals surface area contributed by atoms with Crippen LogP contribution in [0.15, 0.2) is 30.6 Å². The highest BCUT2D eigenvalue weighted by Crippen LogP contribution is 2.46. The molecule has 0 saturated carbocycles. The predicted octanol–water partition coefficient (Wildman–Crippen LogP) is 7.73. The minimum Gasteiger partial charge on any atom is -0.416 e. The summed E-state index contributed by atoms with van der Waals surface area (Å²) in [6, 6.07) is 8.04. The Labute approximate surface area is 313 Å². The molecule has 0 amide bonds. The van der Waals surface area contributed by atoms with Crippen molar-refractivity contribution in [2.24, 2.45) is 11.8 Å². The molecule has 53 heavy (non-hydrogen) atoms. The van der Waals surface area contributed by atoms with Gasteiger partial charge in [-0.05, 0) is 92.5 Å². The summed E-state index contributed by atoms with van der Waals surface area (Å²) in [6.45, 7) is 19.1. The summed E-state index contributed by atoms with van der Waals surface area (Å²) in [5.74, 6) is 1.08. The lowest BCUT2D eigenvalue weighted by Gasteiger charge is -2.39. The van der Waals surface area contributed by atoms with Crippen LogP contribution in [-0.2, 0) is 27.6 Å². The van der Waals surface area contributed by atoms with Crippen LogP contribution in [0.5, 0.6) is 0 Å². The summed E-state index contributed by atoms with van der Waals surface area (Å²) in [5, 5.41) is 18.5. The van der Waals surface area contributed by atoms with Gasteiger partial charge in [-0.25, -0.2) is 9.97 Å². The molecule has 1 aromatic carbocycles. The van der Waals surface area contributed by atoms with Gasteiger partial charge in [0.05, 0.1) is 35.4 Å². The van der Waals surface area contributed by atoms with E-state index in [1.165, 1.54) is 12.3 Å². The van der Waals surface area contributed by atoms with Crippen molar-refractivity contribution in [2.45, 2.75) is 103 Å². The number of alkyl halides is 3. The lowest BCUT2D eigenvalue weighted by molar-refractivity contribution is -0.148. The minimum absolute atomic E-state index is 0.0199. The Morgan fingerprint density at radius 2 is 1.92 bits per heavy atom. The van der Waals surface area contributed by atoms with Gasteiger partial charge in [0.2, 0.25) is 5.95 Å². The van der Waals surface area contributed by atoms with Crippen LogP contribution in [0.1, 0.15) is 77.6 Å². The van der Waals surface area contributed by atoms with Crippen LogP contribution >= 0.6 is 0 Å². The lowest BCUT2D eigenvalue weighted by atomic mass is 9.83. The van der Waals surface area contributed by atoms with E-state index in [4.69, 9.17) is 14.5 Å². The zero-order valence-electron chi connectivity index (χ0n) is 32.3. The topological polar surface area (TPSA) is 112 Å². The van der Waals surface area contributed by atoms with E-state index in [2.05, 4.69) is 77.1 Å². The summed E-state index contributed by atoms with van der Waals surface area (Å²) in [7, 11) is -0.619. The number of aromatic nitrogens is 4. The zero-order valence-corrected chi connectivity index (χ0v) is 33.3. The number of rotatable bonds is 14.